The number of amides is 1. The van der Waals surface area contributed by atoms with Crippen molar-refractivity contribution in [1.29, 1.82) is 0 Å². The first-order chi connectivity index (χ1) is 13.5. The van der Waals surface area contributed by atoms with Gasteiger partial charge in [-0.15, -0.1) is 0 Å². The summed E-state index contributed by atoms with van der Waals surface area (Å²) in [7, 11) is 0. The van der Waals surface area contributed by atoms with Gasteiger partial charge in [-0.1, -0.05) is 42.5 Å². The molecule has 3 aromatic carbocycles. The van der Waals surface area contributed by atoms with Gasteiger partial charge in [0.05, 0.1) is 0 Å². The highest BCUT2D eigenvalue weighted by Crippen LogP contribution is 2.19. The molecule has 0 atom stereocenters. The molecular formula is C22H19IN2O2S. The van der Waals surface area contributed by atoms with Crippen LogP contribution in [0.4, 0.5) is 5.69 Å². The summed E-state index contributed by atoms with van der Waals surface area (Å²) < 4.78 is 6.85. The van der Waals surface area contributed by atoms with E-state index < -0.39 is 0 Å². The van der Waals surface area contributed by atoms with E-state index in [-0.39, 0.29) is 11.0 Å². The predicted octanol–water partition coefficient (Wildman–Crippen LogP) is 5.31. The highest BCUT2D eigenvalue weighted by atomic mass is 127. The fourth-order valence-electron chi connectivity index (χ4n) is 2.48. The van der Waals surface area contributed by atoms with Gasteiger partial charge >= 0.3 is 0 Å². The molecule has 0 aromatic heterocycles. The number of halogens is 1. The van der Waals surface area contributed by atoms with E-state index in [9.17, 15) is 4.79 Å². The number of benzene rings is 3. The highest BCUT2D eigenvalue weighted by molar-refractivity contribution is 14.1. The molecule has 0 heterocycles. The second-order valence-corrected chi connectivity index (χ2v) is 7.74. The number of aryl methyl sites for hydroxylation is 1. The number of rotatable bonds is 5. The van der Waals surface area contributed by atoms with Crippen LogP contribution in [0.5, 0.6) is 5.75 Å². The molecule has 28 heavy (non-hydrogen) atoms. The van der Waals surface area contributed by atoms with Crippen LogP contribution in [0.15, 0.2) is 72.8 Å². The van der Waals surface area contributed by atoms with E-state index in [1.807, 2.05) is 73.7 Å². The van der Waals surface area contributed by atoms with Crippen molar-refractivity contribution < 1.29 is 9.53 Å². The predicted molar refractivity (Wildman–Crippen MR) is 125 cm³/mol. The molecule has 0 radical (unpaired) electrons. The van der Waals surface area contributed by atoms with Gasteiger partial charge in [-0.25, -0.2) is 0 Å². The van der Waals surface area contributed by atoms with Gasteiger partial charge < -0.3 is 10.1 Å². The largest absolute Gasteiger partial charge is 0.489 e. The van der Waals surface area contributed by atoms with Crippen LogP contribution in [-0.2, 0) is 6.61 Å². The third kappa shape index (κ3) is 5.77. The Labute approximate surface area is 183 Å². The summed E-state index contributed by atoms with van der Waals surface area (Å²) in [5.41, 5.74) is 3.54. The molecule has 6 heteroatoms. The molecule has 0 saturated heterocycles. The van der Waals surface area contributed by atoms with Gasteiger partial charge in [-0.2, -0.15) is 0 Å². The van der Waals surface area contributed by atoms with Crippen molar-refractivity contribution in [2.45, 2.75) is 13.5 Å². The molecule has 0 spiro atoms. The molecule has 0 aliphatic heterocycles. The minimum atomic E-state index is -0.244. The maximum absolute atomic E-state index is 12.4. The third-order valence-electron chi connectivity index (χ3n) is 4.00. The number of thiocarbonyl (C=S) groups is 1. The Balaban J connectivity index is 1.57. The molecule has 1 amide bonds. The lowest BCUT2D eigenvalue weighted by Crippen LogP contribution is -2.34. The van der Waals surface area contributed by atoms with Gasteiger partial charge in [0.1, 0.15) is 12.4 Å². The second-order valence-electron chi connectivity index (χ2n) is 6.17. The number of nitrogens with one attached hydrogen (secondary N) is 2. The molecule has 0 unspecified atom stereocenters. The Hall–Kier alpha value is -2.45. The van der Waals surface area contributed by atoms with Crippen LogP contribution in [0.1, 0.15) is 21.5 Å². The molecule has 4 nitrogen and oxygen atoms in total. The van der Waals surface area contributed by atoms with E-state index >= 15 is 0 Å². The lowest BCUT2D eigenvalue weighted by Gasteiger charge is -2.12. The normalized spacial score (nSPS) is 10.2. The average Bonchev–Trinajstić information content (AvgIpc) is 2.69. The number of anilines is 1. The Kier molecular flexibility index (Phi) is 7.00. The molecule has 0 fully saturated rings. The van der Waals surface area contributed by atoms with Crippen molar-refractivity contribution in [1.82, 2.24) is 5.32 Å². The van der Waals surface area contributed by atoms with Gasteiger partial charge in [-0.3, -0.25) is 10.1 Å². The first-order valence-corrected chi connectivity index (χ1v) is 10.2. The van der Waals surface area contributed by atoms with E-state index in [2.05, 4.69) is 33.2 Å². The topological polar surface area (TPSA) is 50.4 Å². The van der Waals surface area contributed by atoms with Gasteiger partial charge in [0.2, 0.25) is 0 Å². The van der Waals surface area contributed by atoms with Crippen molar-refractivity contribution >= 4 is 51.5 Å². The first kappa shape index (κ1) is 20.3. The molecule has 3 rings (SSSR count). The summed E-state index contributed by atoms with van der Waals surface area (Å²) in [4.78, 5) is 12.4. The first-order valence-electron chi connectivity index (χ1n) is 8.66. The third-order valence-corrected chi connectivity index (χ3v) is 5.37. The van der Waals surface area contributed by atoms with Crippen LogP contribution in [0.25, 0.3) is 0 Å². The number of hydrogen-bond donors (Lipinski definition) is 2. The lowest BCUT2D eigenvalue weighted by atomic mass is 10.1. The zero-order chi connectivity index (χ0) is 19.9. The molecule has 3 aromatic rings. The van der Waals surface area contributed by atoms with E-state index in [0.717, 1.165) is 26.1 Å². The van der Waals surface area contributed by atoms with Crippen molar-refractivity contribution in [3.63, 3.8) is 0 Å². The van der Waals surface area contributed by atoms with Crippen molar-refractivity contribution in [3.8, 4) is 5.75 Å². The molecule has 142 valence electrons. The highest BCUT2D eigenvalue weighted by Gasteiger charge is 2.09. The number of hydrogen-bond acceptors (Lipinski definition) is 3. The zero-order valence-electron chi connectivity index (χ0n) is 15.2. The summed E-state index contributed by atoms with van der Waals surface area (Å²) >= 11 is 7.48. The maximum atomic E-state index is 12.4. The minimum absolute atomic E-state index is 0.237. The molecule has 0 saturated carbocycles. The minimum Gasteiger partial charge on any atom is -0.489 e. The fourth-order valence-corrected chi connectivity index (χ4v) is 3.20. The smallest absolute Gasteiger partial charge is 0.257 e. The maximum Gasteiger partial charge on any atom is 0.257 e. The van der Waals surface area contributed by atoms with Gasteiger partial charge in [0, 0.05) is 20.9 Å². The SMILES string of the molecule is Cc1ccc(C(=O)NC(=S)Nc2cccc(OCc3ccccc3)c2)cc1I. The van der Waals surface area contributed by atoms with Gasteiger partial charge in [-0.05, 0) is 77.1 Å². The number of ether oxygens (including phenoxy) is 1. The van der Waals surface area contributed by atoms with E-state index in [1.54, 1.807) is 6.07 Å². The summed E-state index contributed by atoms with van der Waals surface area (Å²) in [5, 5.41) is 5.97. The van der Waals surface area contributed by atoms with E-state index in [1.165, 1.54) is 0 Å². The zero-order valence-corrected chi connectivity index (χ0v) is 18.2. The molecule has 0 aliphatic carbocycles. The van der Waals surface area contributed by atoms with Gasteiger partial charge in [0.25, 0.3) is 5.91 Å². The van der Waals surface area contributed by atoms with E-state index in [0.29, 0.717) is 12.2 Å². The van der Waals surface area contributed by atoms with Crippen LogP contribution < -0.4 is 15.4 Å². The van der Waals surface area contributed by atoms with Crippen molar-refractivity contribution in [2.24, 2.45) is 0 Å². The van der Waals surface area contributed by atoms with Crippen LogP contribution in [0, 0.1) is 10.5 Å². The Morgan fingerprint density at radius 3 is 2.57 bits per heavy atom. The molecule has 2 N–H and O–H groups in total. The Bertz CT molecular complexity index is 993. The number of carbonyl (C=O) groups is 1. The second kappa shape index (κ2) is 9.66. The summed E-state index contributed by atoms with van der Waals surface area (Å²) in [6.07, 6.45) is 0. The van der Waals surface area contributed by atoms with Crippen molar-refractivity contribution in [3.05, 3.63) is 93.1 Å². The quantitative estimate of drug-likeness (QED) is 0.367. The van der Waals surface area contributed by atoms with Gasteiger partial charge in [0.15, 0.2) is 5.11 Å². The average molecular weight is 502 g/mol. The van der Waals surface area contributed by atoms with Crippen molar-refractivity contribution in [2.75, 3.05) is 5.32 Å². The Morgan fingerprint density at radius 1 is 1.04 bits per heavy atom. The van der Waals surface area contributed by atoms with Crippen LogP contribution in [0.3, 0.4) is 0 Å². The monoisotopic (exact) mass is 502 g/mol. The standard InChI is InChI=1S/C22H19IN2O2S/c1-15-10-11-17(12-20(15)23)21(26)25-22(28)24-18-8-5-9-19(13-18)27-14-16-6-3-2-4-7-16/h2-13H,14H2,1H3,(H2,24,25,26,28). The molecule has 0 bridgehead atoms. The number of carbonyl (C=O) groups excluding carboxylic acids is 1. The Morgan fingerprint density at radius 2 is 1.82 bits per heavy atom. The lowest BCUT2D eigenvalue weighted by molar-refractivity contribution is 0.0977. The summed E-state index contributed by atoms with van der Waals surface area (Å²) in [5.74, 6) is 0.475. The van der Waals surface area contributed by atoms with Crippen LogP contribution in [-0.4, -0.2) is 11.0 Å². The van der Waals surface area contributed by atoms with Crippen LogP contribution in [0.2, 0.25) is 0 Å². The summed E-state index contributed by atoms with van der Waals surface area (Å²) in [6, 6.07) is 23.0. The van der Waals surface area contributed by atoms with E-state index in [4.69, 9.17) is 17.0 Å². The summed E-state index contributed by atoms with van der Waals surface area (Å²) in [6.45, 7) is 2.49. The molecule has 0 aliphatic rings. The molecular weight excluding hydrogens is 483 g/mol. The fraction of sp³-hybridized carbons (Fsp3) is 0.0909. The van der Waals surface area contributed by atoms with Crippen LogP contribution >= 0.6 is 34.8 Å².